The summed E-state index contributed by atoms with van der Waals surface area (Å²) in [7, 11) is 0. The minimum atomic E-state index is -0.788. The van der Waals surface area contributed by atoms with Crippen molar-refractivity contribution in [1.29, 1.82) is 0 Å². The lowest BCUT2D eigenvalue weighted by Crippen LogP contribution is -2.56. The van der Waals surface area contributed by atoms with Gasteiger partial charge in [0, 0.05) is 58.5 Å². The highest BCUT2D eigenvalue weighted by Crippen LogP contribution is 2.51. The minimum Gasteiger partial charge on any atom is -0.458 e. The lowest BCUT2D eigenvalue weighted by Gasteiger charge is -2.53. The molecule has 1 saturated heterocycles. The molecule has 0 spiro atoms. The molecule has 5 heteroatoms. The maximum atomic E-state index is 11.8. The van der Waals surface area contributed by atoms with E-state index >= 15 is 0 Å². The van der Waals surface area contributed by atoms with Crippen molar-refractivity contribution >= 4 is 5.97 Å². The summed E-state index contributed by atoms with van der Waals surface area (Å²) in [6.45, 7) is 16.8. The molecule has 0 amide bonds. The predicted octanol–water partition coefficient (Wildman–Crippen LogP) is 4.42. The molecule has 1 aromatic rings. The molecular weight excluding hydrogens is 424 g/mol. The van der Waals surface area contributed by atoms with Gasteiger partial charge in [-0.15, -0.1) is 0 Å². The van der Waals surface area contributed by atoms with Gasteiger partial charge in [0.25, 0.3) is 0 Å². The number of hydrogen-bond donors (Lipinski definition) is 1. The Morgan fingerprint density at radius 2 is 1.76 bits per heavy atom. The SMILES string of the molecule is CC(=O)O[C@@H]1C[C@@]2(O)[C@H](C)CC[C@@H]([C@H](C)CN3CCN(Cc4ccc(C)cc4)CC3)[C@H]2C=C1C. The summed E-state index contributed by atoms with van der Waals surface area (Å²) in [5.41, 5.74) is 3.02. The fourth-order valence-corrected chi connectivity index (χ4v) is 6.62. The summed E-state index contributed by atoms with van der Waals surface area (Å²) in [6, 6.07) is 8.91. The molecule has 2 aliphatic carbocycles. The quantitative estimate of drug-likeness (QED) is 0.495. The molecular formula is C29H44N2O3. The molecule has 6 atom stereocenters. The highest BCUT2D eigenvalue weighted by molar-refractivity contribution is 5.66. The van der Waals surface area contributed by atoms with Gasteiger partial charge in [-0.05, 0) is 55.6 Å². The molecule has 1 aliphatic heterocycles. The molecule has 1 N–H and O–H groups in total. The average molecular weight is 469 g/mol. The average Bonchev–Trinajstić information content (AvgIpc) is 2.78. The molecule has 4 rings (SSSR count). The van der Waals surface area contributed by atoms with Crippen molar-refractivity contribution in [3.05, 3.63) is 47.0 Å². The van der Waals surface area contributed by atoms with Gasteiger partial charge in [-0.25, -0.2) is 0 Å². The number of aryl methyl sites for hydroxylation is 1. The van der Waals surface area contributed by atoms with Gasteiger partial charge in [0.2, 0.25) is 0 Å². The van der Waals surface area contributed by atoms with Crippen LogP contribution in [0.2, 0.25) is 0 Å². The van der Waals surface area contributed by atoms with E-state index in [1.54, 1.807) is 0 Å². The van der Waals surface area contributed by atoms with Crippen LogP contribution in [0.1, 0.15) is 58.1 Å². The summed E-state index contributed by atoms with van der Waals surface area (Å²) < 4.78 is 5.56. The van der Waals surface area contributed by atoms with Gasteiger partial charge in [0.05, 0.1) is 5.60 Å². The van der Waals surface area contributed by atoms with E-state index in [4.69, 9.17) is 4.74 Å². The van der Waals surface area contributed by atoms with E-state index < -0.39 is 5.60 Å². The fourth-order valence-electron chi connectivity index (χ4n) is 6.62. The first-order chi connectivity index (χ1) is 16.2. The Morgan fingerprint density at radius 1 is 1.12 bits per heavy atom. The van der Waals surface area contributed by atoms with Crippen molar-refractivity contribution in [2.75, 3.05) is 32.7 Å². The van der Waals surface area contributed by atoms with Crippen LogP contribution in [0.4, 0.5) is 0 Å². The molecule has 34 heavy (non-hydrogen) atoms. The van der Waals surface area contributed by atoms with E-state index in [0.29, 0.717) is 18.3 Å². The topological polar surface area (TPSA) is 53.0 Å². The van der Waals surface area contributed by atoms with E-state index in [1.165, 1.54) is 18.1 Å². The van der Waals surface area contributed by atoms with Crippen molar-refractivity contribution < 1.29 is 14.6 Å². The number of aliphatic hydroxyl groups is 1. The summed E-state index contributed by atoms with van der Waals surface area (Å²) >= 11 is 0. The second-order valence-electron chi connectivity index (χ2n) is 11.4. The monoisotopic (exact) mass is 468 g/mol. The lowest BCUT2D eigenvalue weighted by atomic mass is 9.57. The normalized spacial score (nSPS) is 33.6. The van der Waals surface area contributed by atoms with Gasteiger partial charge in [-0.3, -0.25) is 9.69 Å². The van der Waals surface area contributed by atoms with Crippen LogP contribution in [0.3, 0.4) is 0 Å². The number of carbonyl (C=O) groups is 1. The molecule has 1 heterocycles. The van der Waals surface area contributed by atoms with Crippen LogP contribution in [0.5, 0.6) is 0 Å². The molecule has 0 unspecified atom stereocenters. The van der Waals surface area contributed by atoms with Crippen molar-refractivity contribution in [3.8, 4) is 0 Å². The third-order valence-electron chi connectivity index (χ3n) is 8.86. The predicted molar refractivity (Wildman–Crippen MR) is 136 cm³/mol. The van der Waals surface area contributed by atoms with Crippen molar-refractivity contribution in [3.63, 3.8) is 0 Å². The maximum absolute atomic E-state index is 11.8. The molecule has 2 fully saturated rings. The van der Waals surface area contributed by atoms with E-state index in [9.17, 15) is 9.90 Å². The highest BCUT2D eigenvalue weighted by atomic mass is 16.5. The van der Waals surface area contributed by atoms with Gasteiger partial charge in [-0.1, -0.05) is 49.8 Å². The van der Waals surface area contributed by atoms with Crippen molar-refractivity contribution in [2.24, 2.45) is 23.7 Å². The molecule has 188 valence electrons. The summed E-state index contributed by atoms with van der Waals surface area (Å²) in [5, 5.41) is 11.8. The number of carbonyl (C=O) groups excluding carboxylic acids is 1. The molecule has 3 aliphatic rings. The fraction of sp³-hybridized carbons (Fsp3) is 0.690. The van der Waals surface area contributed by atoms with Crippen LogP contribution < -0.4 is 0 Å². The molecule has 0 radical (unpaired) electrons. The Kier molecular flexibility index (Phi) is 7.85. The zero-order valence-electron chi connectivity index (χ0n) is 21.8. The smallest absolute Gasteiger partial charge is 0.303 e. The summed E-state index contributed by atoms with van der Waals surface area (Å²) in [5.74, 6) is 1.06. The number of hydrogen-bond acceptors (Lipinski definition) is 5. The number of fused-ring (bicyclic) bond motifs is 1. The first-order valence-corrected chi connectivity index (χ1v) is 13.2. The highest BCUT2D eigenvalue weighted by Gasteiger charge is 2.52. The van der Waals surface area contributed by atoms with E-state index in [1.807, 2.05) is 0 Å². The first kappa shape index (κ1) is 25.4. The van der Waals surface area contributed by atoms with Crippen LogP contribution in [0.15, 0.2) is 35.9 Å². The van der Waals surface area contributed by atoms with Crippen molar-refractivity contribution in [1.82, 2.24) is 9.80 Å². The largest absolute Gasteiger partial charge is 0.458 e. The van der Waals surface area contributed by atoms with Gasteiger partial charge in [0.15, 0.2) is 0 Å². The van der Waals surface area contributed by atoms with Crippen molar-refractivity contribution in [2.45, 2.75) is 72.1 Å². The second-order valence-corrected chi connectivity index (χ2v) is 11.4. The standard InChI is InChI=1S/C29H44N2O3/c1-20-6-9-25(10-7-20)19-31-14-12-30(13-15-31)18-22(3)26-11-8-23(4)29(33)17-28(34-24(5)32)21(2)16-27(26)29/h6-7,9-10,16,22-23,26-28,33H,8,11-15,17-19H2,1-5H3/t22-,23-,26+,27-,28-,29-/m1/s1. The number of ether oxygens (including phenoxy) is 1. The molecule has 5 nitrogen and oxygen atoms in total. The summed E-state index contributed by atoms with van der Waals surface area (Å²) in [6.07, 6.45) is 4.67. The Hall–Kier alpha value is -1.69. The lowest BCUT2D eigenvalue weighted by molar-refractivity contribution is -0.159. The van der Waals surface area contributed by atoms with Gasteiger partial charge in [0.1, 0.15) is 6.10 Å². The Labute approximate surface area is 206 Å². The number of benzene rings is 1. The van der Waals surface area contributed by atoms with Gasteiger partial charge in [-0.2, -0.15) is 0 Å². The molecule has 0 aromatic heterocycles. The Balaban J connectivity index is 1.35. The van der Waals surface area contributed by atoms with Crippen LogP contribution in [-0.4, -0.2) is 65.3 Å². The van der Waals surface area contributed by atoms with Crippen LogP contribution in [0.25, 0.3) is 0 Å². The van der Waals surface area contributed by atoms with Gasteiger partial charge >= 0.3 is 5.97 Å². The van der Waals surface area contributed by atoms with Crippen LogP contribution in [-0.2, 0) is 16.1 Å². The minimum absolute atomic E-state index is 0.140. The number of piperazine rings is 1. The Morgan fingerprint density at radius 3 is 2.41 bits per heavy atom. The molecule has 0 bridgehead atoms. The van der Waals surface area contributed by atoms with Gasteiger partial charge < -0.3 is 14.7 Å². The van der Waals surface area contributed by atoms with Crippen LogP contribution in [0, 0.1) is 30.6 Å². The Bertz CT molecular complexity index is 874. The first-order valence-electron chi connectivity index (χ1n) is 13.2. The molecule has 1 saturated carbocycles. The summed E-state index contributed by atoms with van der Waals surface area (Å²) in [4.78, 5) is 16.8. The van der Waals surface area contributed by atoms with Crippen LogP contribution >= 0.6 is 0 Å². The third kappa shape index (κ3) is 5.58. The van der Waals surface area contributed by atoms with E-state index in [0.717, 1.165) is 57.7 Å². The third-order valence-corrected chi connectivity index (χ3v) is 8.86. The number of nitrogens with zero attached hydrogens (tertiary/aromatic N) is 2. The number of esters is 1. The van der Waals surface area contributed by atoms with E-state index in [-0.39, 0.29) is 23.9 Å². The molecule has 1 aromatic carbocycles. The number of rotatable bonds is 6. The van der Waals surface area contributed by atoms with E-state index in [2.05, 4.69) is 67.8 Å². The zero-order chi connectivity index (χ0) is 24.5. The zero-order valence-corrected chi connectivity index (χ0v) is 21.8. The second kappa shape index (κ2) is 10.5. The maximum Gasteiger partial charge on any atom is 0.303 e.